The Labute approximate surface area is 157 Å². The quantitative estimate of drug-likeness (QED) is 0.535. The molecule has 0 saturated heterocycles. The highest BCUT2D eigenvalue weighted by Crippen LogP contribution is 2.43. The van der Waals surface area contributed by atoms with E-state index in [1.807, 2.05) is 0 Å². The van der Waals surface area contributed by atoms with Gasteiger partial charge in [0.2, 0.25) is 11.5 Å². The van der Waals surface area contributed by atoms with Gasteiger partial charge in [-0.15, -0.1) is 0 Å². The van der Waals surface area contributed by atoms with Crippen molar-refractivity contribution in [1.29, 1.82) is 0 Å². The van der Waals surface area contributed by atoms with E-state index in [2.05, 4.69) is 0 Å². The summed E-state index contributed by atoms with van der Waals surface area (Å²) in [7, 11) is 2.77. The van der Waals surface area contributed by atoms with Gasteiger partial charge in [0.25, 0.3) is 0 Å². The lowest BCUT2D eigenvalue weighted by molar-refractivity contribution is 0.335. The highest BCUT2D eigenvalue weighted by atomic mass is 16.5. The molecular formula is C20H14O8. The summed E-state index contributed by atoms with van der Waals surface area (Å²) in [5, 5.41) is 11.1. The normalized spacial score (nSPS) is 10.9. The van der Waals surface area contributed by atoms with Crippen LogP contribution in [0.1, 0.15) is 0 Å². The Bertz CT molecular complexity index is 1320. The Morgan fingerprint density at radius 1 is 0.857 bits per heavy atom. The Hall–Kier alpha value is -3.94. The van der Waals surface area contributed by atoms with Crippen LogP contribution in [0.3, 0.4) is 0 Å². The van der Waals surface area contributed by atoms with Crippen molar-refractivity contribution in [1.82, 2.24) is 0 Å². The number of hydrogen-bond acceptors (Lipinski definition) is 8. The molecule has 0 aliphatic heterocycles. The lowest BCUT2D eigenvalue weighted by Crippen LogP contribution is -2.04. The van der Waals surface area contributed by atoms with Crippen LogP contribution in [-0.4, -0.2) is 19.3 Å². The van der Waals surface area contributed by atoms with Crippen LogP contribution in [0, 0.1) is 0 Å². The standard InChI is InChI=1S/C20H14O8/c1-24-18-12-8-16(20(23)28-15(12)9-13(21)19(18)25-2)26-11-5-3-10-4-6-17(22)27-14(10)7-11/h3-9,21H,1-2H3. The average molecular weight is 382 g/mol. The topological polar surface area (TPSA) is 108 Å². The fraction of sp³-hybridized carbons (Fsp3) is 0.100. The van der Waals surface area contributed by atoms with Crippen molar-refractivity contribution in [3.8, 4) is 28.7 Å². The Morgan fingerprint density at radius 3 is 2.36 bits per heavy atom. The molecule has 0 spiro atoms. The molecular weight excluding hydrogens is 368 g/mol. The summed E-state index contributed by atoms with van der Waals surface area (Å²) in [4.78, 5) is 23.7. The summed E-state index contributed by atoms with van der Waals surface area (Å²) in [6.45, 7) is 0. The molecule has 28 heavy (non-hydrogen) atoms. The molecule has 0 unspecified atom stereocenters. The summed E-state index contributed by atoms with van der Waals surface area (Å²) in [6, 6.07) is 10.4. The number of methoxy groups -OCH3 is 2. The van der Waals surface area contributed by atoms with E-state index in [1.54, 1.807) is 18.2 Å². The number of hydrogen-bond donors (Lipinski definition) is 1. The van der Waals surface area contributed by atoms with Crippen molar-refractivity contribution in [2.45, 2.75) is 0 Å². The molecule has 0 aliphatic rings. The van der Waals surface area contributed by atoms with E-state index < -0.39 is 11.3 Å². The molecule has 0 saturated carbocycles. The van der Waals surface area contributed by atoms with Crippen molar-refractivity contribution < 1.29 is 28.2 Å². The second kappa shape index (κ2) is 6.66. The molecule has 2 aromatic heterocycles. The Kier molecular flexibility index (Phi) is 4.15. The zero-order chi connectivity index (χ0) is 19.8. The molecule has 0 aliphatic carbocycles. The fourth-order valence-electron chi connectivity index (χ4n) is 2.88. The van der Waals surface area contributed by atoms with Crippen molar-refractivity contribution in [3.63, 3.8) is 0 Å². The van der Waals surface area contributed by atoms with Crippen molar-refractivity contribution in [2.24, 2.45) is 0 Å². The molecule has 0 atom stereocenters. The van der Waals surface area contributed by atoms with Gasteiger partial charge in [0.05, 0.1) is 19.6 Å². The molecule has 4 aromatic rings. The van der Waals surface area contributed by atoms with Gasteiger partial charge in [0.15, 0.2) is 11.5 Å². The number of aromatic hydroxyl groups is 1. The lowest BCUT2D eigenvalue weighted by atomic mass is 10.2. The highest BCUT2D eigenvalue weighted by Gasteiger charge is 2.19. The van der Waals surface area contributed by atoms with E-state index in [-0.39, 0.29) is 34.3 Å². The molecule has 8 nitrogen and oxygen atoms in total. The molecule has 2 aromatic carbocycles. The van der Waals surface area contributed by atoms with E-state index >= 15 is 0 Å². The molecule has 0 bridgehead atoms. The molecule has 4 rings (SSSR count). The third kappa shape index (κ3) is 2.90. The number of rotatable bonds is 4. The van der Waals surface area contributed by atoms with Crippen LogP contribution in [0.2, 0.25) is 0 Å². The lowest BCUT2D eigenvalue weighted by Gasteiger charge is -2.12. The zero-order valence-electron chi connectivity index (χ0n) is 14.8. The molecule has 0 amide bonds. The summed E-state index contributed by atoms with van der Waals surface area (Å²) in [5.74, 6) is 0.223. The third-order valence-corrected chi connectivity index (χ3v) is 4.13. The van der Waals surface area contributed by atoms with E-state index in [0.717, 1.165) is 0 Å². The SMILES string of the molecule is COc1c(O)cc2oc(=O)c(Oc3ccc4ccc(=O)oc4c3)cc2c1OC. The molecule has 2 heterocycles. The van der Waals surface area contributed by atoms with Crippen LogP contribution in [0.4, 0.5) is 0 Å². The Balaban J connectivity index is 1.84. The first kappa shape index (κ1) is 17.5. The van der Waals surface area contributed by atoms with Gasteiger partial charge in [0.1, 0.15) is 16.9 Å². The van der Waals surface area contributed by atoms with Gasteiger partial charge in [-0.2, -0.15) is 0 Å². The van der Waals surface area contributed by atoms with Gasteiger partial charge in [-0.25, -0.2) is 9.59 Å². The average Bonchev–Trinajstić information content (AvgIpc) is 2.67. The minimum absolute atomic E-state index is 0.0993. The van der Waals surface area contributed by atoms with Gasteiger partial charge in [-0.3, -0.25) is 0 Å². The Morgan fingerprint density at radius 2 is 1.61 bits per heavy atom. The van der Waals surface area contributed by atoms with Gasteiger partial charge in [-0.05, 0) is 18.2 Å². The molecule has 0 radical (unpaired) electrons. The second-order valence-electron chi connectivity index (χ2n) is 5.83. The highest BCUT2D eigenvalue weighted by molar-refractivity contribution is 5.89. The van der Waals surface area contributed by atoms with Crippen molar-refractivity contribution in [2.75, 3.05) is 14.2 Å². The van der Waals surface area contributed by atoms with Gasteiger partial charge in [0, 0.05) is 29.7 Å². The van der Waals surface area contributed by atoms with Gasteiger partial charge in [-0.1, -0.05) is 0 Å². The minimum atomic E-state index is -0.756. The first-order valence-electron chi connectivity index (χ1n) is 8.13. The first-order chi connectivity index (χ1) is 13.5. The molecule has 8 heteroatoms. The maximum Gasteiger partial charge on any atom is 0.379 e. The third-order valence-electron chi connectivity index (χ3n) is 4.13. The van der Waals surface area contributed by atoms with Crippen molar-refractivity contribution >= 4 is 21.9 Å². The molecule has 142 valence electrons. The van der Waals surface area contributed by atoms with Crippen LogP contribution in [0.5, 0.6) is 28.7 Å². The number of fused-ring (bicyclic) bond motifs is 2. The number of phenols is 1. The molecule has 0 fully saturated rings. The van der Waals surface area contributed by atoms with Crippen LogP contribution in [0.25, 0.3) is 21.9 Å². The number of ether oxygens (including phenoxy) is 3. The predicted molar refractivity (Wildman–Crippen MR) is 99.8 cm³/mol. The van der Waals surface area contributed by atoms with E-state index in [4.69, 9.17) is 23.0 Å². The largest absolute Gasteiger partial charge is 0.504 e. The smallest absolute Gasteiger partial charge is 0.379 e. The maximum atomic E-state index is 12.3. The van der Waals surface area contributed by atoms with E-state index in [9.17, 15) is 14.7 Å². The van der Waals surface area contributed by atoms with Crippen LogP contribution in [-0.2, 0) is 0 Å². The first-order valence-corrected chi connectivity index (χ1v) is 8.13. The van der Waals surface area contributed by atoms with E-state index in [1.165, 1.54) is 38.5 Å². The van der Waals surface area contributed by atoms with E-state index in [0.29, 0.717) is 16.4 Å². The fourth-order valence-corrected chi connectivity index (χ4v) is 2.88. The monoisotopic (exact) mass is 382 g/mol. The van der Waals surface area contributed by atoms with Crippen LogP contribution >= 0.6 is 0 Å². The summed E-state index contributed by atoms with van der Waals surface area (Å²) in [6.07, 6.45) is 0. The summed E-state index contributed by atoms with van der Waals surface area (Å²) < 4.78 is 26.4. The maximum absolute atomic E-state index is 12.3. The number of benzene rings is 2. The van der Waals surface area contributed by atoms with Gasteiger partial charge >= 0.3 is 11.3 Å². The predicted octanol–water partition coefficient (Wildman–Crippen LogP) is 3.41. The van der Waals surface area contributed by atoms with Gasteiger partial charge < -0.3 is 28.2 Å². The zero-order valence-corrected chi connectivity index (χ0v) is 14.8. The van der Waals surface area contributed by atoms with Crippen molar-refractivity contribution in [3.05, 3.63) is 63.3 Å². The molecule has 1 N–H and O–H groups in total. The number of phenolic OH excluding ortho intramolecular Hbond substituents is 1. The summed E-state index contributed by atoms with van der Waals surface area (Å²) in [5.41, 5.74) is -0.823. The summed E-state index contributed by atoms with van der Waals surface area (Å²) >= 11 is 0. The minimum Gasteiger partial charge on any atom is -0.504 e. The second-order valence-corrected chi connectivity index (χ2v) is 5.83. The van der Waals surface area contributed by atoms with Crippen LogP contribution in [0.15, 0.2) is 60.9 Å². The van der Waals surface area contributed by atoms with Crippen LogP contribution < -0.4 is 25.5 Å².